The summed E-state index contributed by atoms with van der Waals surface area (Å²) in [6.45, 7) is 1.07. The first-order valence-corrected chi connectivity index (χ1v) is 13.3. The topological polar surface area (TPSA) is 104 Å². The van der Waals surface area contributed by atoms with E-state index in [9.17, 15) is 21.6 Å². The van der Waals surface area contributed by atoms with Gasteiger partial charge in [-0.05, 0) is 36.1 Å². The van der Waals surface area contributed by atoms with Crippen LogP contribution < -0.4 is 5.32 Å². The van der Waals surface area contributed by atoms with Gasteiger partial charge in [0, 0.05) is 26.2 Å². The molecule has 168 valence electrons. The van der Waals surface area contributed by atoms with E-state index in [2.05, 4.69) is 5.32 Å². The van der Waals surface area contributed by atoms with Crippen LogP contribution in [0.25, 0.3) is 0 Å². The zero-order chi connectivity index (χ0) is 22.5. The minimum atomic E-state index is -3.57. The molecule has 0 aromatic heterocycles. The Morgan fingerprint density at radius 2 is 1.55 bits per heavy atom. The molecule has 1 aliphatic heterocycles. The molecule has 0 bridgehead atoms. The molecule has 0 aliphatic carbocycles. The fourth-order valence-corrected chi connectivity index (χ4v) is 5.60. The van der Waals surface area contributed by atoms with Crippen molar-refractivity contribution in [3.63, 3.8) is 0 Å². The maximum atomic E-state index is 12.6. The molecule has 0 atom stereocenters. The molecule has 1 fully saturated rings. The van der Waals surface area contributed by atoms with E-state index in [1.807, 2.05) is 18.2 Å². The molecule has 0 unspecified atom stereocenters. The molecule has 8 nitrogen and oxygen atoms in total. The first-order valence-electron chi connectivity index (χ1n) is 10.0. The number of nitrogens with one attached hydrogen (secondary N) is 1. The number of hydrogen-bond acceptors (Lipinski definition) is 5. The Hall–Kier alpha value is -2.27. The predicted molar refractivity (Wildman–Crippen MR) is 118 cm³/mol. The van der Waals surface area contributed by atoms with Gasteiger partial charge in [-0.25, -0.2) is 16.8 Å². The smallest absolute Gasteiger partial charge is 0.243 e. The summed E-state index contributed by atoms with van der Waals surface area (Å²) < 4.78 is 51.9. The summed E-state index contributed by atoms with van der Waals surface area (Å²) in [6, 6.07) is 15.4. The molecule has 1 saturated heterocycles. The van der Waals surface area contributed by atoms with Crippen molar-refractivity contribution in [2.75, 3.05) is 25.9 Å². The average Bonchev–Trinajstić information content (AvgIpc) is 3.28. The molecule has 0 spiro atoms. The van der Waals surface area contributed by atoms with E-state index in [1.54, 1.807) is 24.3 Å². The van der Waals surface area contributed by atoms with Gasteiger partial charge >= 0.3 is 0 Å². The highest BCUT2D eigenvalue weighted by Crippen LogP contribution is 2.21. The predicted octanol–water partition coefficient (Wildman–Crippen LogP) is 1.55. The number of amides is 1. The first kappa shape index (κ1) is 23.4. The van der Waals surface area contributed by atoms with Gasteiger partial charge in [-0.2, -0.15) is 8.61 Å². The lowest BCUT2D eigenvalue weighted by molar-refractivity contribution is -0.121. The van der Waals surface area contributed by atoms with Crippen molar-refractivity contribution < 1.29 is 21.6 Å². The molecule has 2 aromatic rings. The standard InChI is InChI=1S/C21H27N3O5S2/c1-30(26,27)24(16-19-7-3-2-4-8-19)17-21(25)22-15-18-9-11-20(12-10-18)31(28,29)23-13-5-6-14-23/h2-4,7-12H,5-6,13-17H2,1H3,(H,22,25). The molecule has 1 aliphatic rings. The van der Waals surface area contributed by atoms with Crippen LogP contribution >= 0.6 is 0 Å². The lowest BCUT2D eigenvalue weighted by Gasteiger charge is -2.19. The second-order valence-electron chi connectivity index (χ2n) is 7.55. The van der Waals surface area contributed by atoms with E-state index in [1.165, 1.54) is 16.4 Å². The number of rotatable bonds is 9. The van der Waals surface area contributed by atoms with Crippen LogP contribution in [0.1, 0.15) is 24.0 Å². The Morgan fingerprint density at radius 1 is 0.935 bits per heavy atom. The Kier molecular flexibility index (Phi) is 7.47. The summed E-state index contributed by atoms with van der Waals surface area (Å²) >= 11 is 0. The Bertz CT molecular complexity index is 1100. The Labute approximate surface area is 184 Å². The second-order valence-corrected chi connectivity index (χ2v) is 11.5. The molecule has 3 rings (SSSR count). The van der Waals surface area contributed by atoms with Crippen LogP contribution in [0.15, 0.2) is 59.5 Å². The third kappa shape index (κ3) is 6.36. The van der Waals surface area contributed by atoms with Crippen LogP contribution in [0.4, 0.5) is 0 Å². The molecule has 1 N–H and O–H groups in total. The third-order valence-corrected chi connectivity index (χ3v) is 8.22. The van der Waals surface area contributed by atoms with Gasteiger partial charge in [0.1, 0.15) is 0 Å². The molecule has 1 amide bonds. The summed E-state index contributed by atoms with van der Waals surface area (Å²) in [4.78, 5) is 12.6. The van der Waals surface area contributed by atoms with Gasteiger partial charge in [0.05, 0.1) is 17.7 Å². The van der Waals surface area contributed by atoms with E-state index in [-0.39, 0.29) is 24.5 Å². The van der Waals surface area contributed by atoms with E-state index in [4.69, 9.17) is 0 Å². The van der Waals surface area contributed by atoms with Crippen molar-refractivity contribution in [3.8, 4) is 0 Å². The normalized spacial score (nSPS) is 15.3. The summed E-state index contributed by atoms with van der Waals surface area (Å²) in [7, 11) is -7.05. The lowest BCUT2D eigenvalue weighted by Crippen LogP contribution is -2.39. The molecule has 0 radical (unpaired) electrons. The summed E-state index contributed by atoms with van der Waals surface area (Å²) in [5, 5.41) is 2.70. The fourth-order valence-electron chi connectivity index (χ4n) is 3.35. The number of hydrogen-bond donors (Lipinski definition) is 1. The van der Waals surface area contributed by atoms with Crippen molar-refractivity contribution in [1.82, 2.24) is 13.9 Å². The highest BCUT2D eigenvalue weighted by atomic mass is 32.2. The summed E-state index contributed by atoms with van der Waals surface area (Å²) in [5.74, 6) is -0.435. The molecule has 1 heterocycles. The van der Waals surface area contributed by atoms with Crippen molar-refractivity contribution >= 4 is 26.0 Å². The van der Waals surface area contributed by atoms with E-state index in [0.717, 1.165) is 34.5 Å². The van der Waals surface area contributed by atoms with Crippen molar-refractivity contribution in [2.24, 2.45) is 0 Å². The van der Waals surface area contributed by atoms with Crippen molar-refractivity contribution in [3.05, 3.63) is 65.7 Å². The molecule has 31 heavy (non-hydrogen) atoms. The number of carbonyl (C=O) groups is 1. The van der Waals surface area contributed by atoms with Crippen molar-refractivity contribution in [2.45, 2.75) is 30.8 Å². The minimum Gasteiger partial charge on any atom is -0.351 e. The SMILES string of the molecule is CS(=O)(=O)N(CC(=O)NCc1ccc(S(=O)(=O)N2CCCC2)cc1)Cc1ccccc1. The number of sulfonamides is 2. The van der Waals surface area contributed by atoms with Crippen molar-refractivity contribution in [1.29, 1.82) is 0 Å². The molecule has 10 heteroatoms. The van der Waals surface area contributed by atoms with Gasteiger partial charge in [0.25, 0.3) is 0 Å². The van der Waals surface area contributed by atoms with Gasteiger partial charge in [-0.15, -0.1) is 0 Å². The Morgan fingerprint density at radius 3 is 2.13 bits per heavy atom. The summed E-state index contributed by atoms with van der Waals surface area (Å²) in [6.07, 6.45) is 2.82. The van der Waals surface area contributed by atoms with Gasteiger partial charge in [0.15, 0.2) is 0 Å². The highest BCUT2D eigenvalue weighted by molar-refractivity contribution is 7.89. The third-order valence-electron chi connectivity index (χ3n) is 5.11. The highest BCUT2D eigenvalue weighted by Gasteiger charge is 2.27. The van der Waals surface area contributed by atoms with Crippen LogP contribution in [-0.2, 0) is 37.9 Å². The fraction of sp³-hybridized carbons (Fsp3) is 0.381. The number of carbonyl (C=O) groups excluding carboxylic acids is 1. The van der Waals surface area contributed by atoms with Crippen LogP contribution in [-0.4, -0.2) is 57.2 Å². The zero-order valence-corrected chi connectivity index (χ0v) is 19.0. The number of benzene rings is 2. The van der Waals surface area contributed by atoms with Crippen LogP contribution in [0, 0.1) is 0 Å². The van der Waals surface area contributed by atoms with Crippen LogP contribution in [0.3, 0.4) is 0 Å². The molecule has 2 aromatic carbocycles. The first-order chi connectivity index (χ1) is 14.7. The van der Waals surface area contributed by atoms with E-state index >= 15 is 0 Å². The minimum absolute atomic E-state index is 0.107. The lowest BCUT2D eigenvalue weighted by atomic mass is 10.2. The molecular weight excluding hydrogens is 438 g/mol. The van der Waals surface area contributed by atoms with Gasteiger partial charge < -0.3 is 5.32 Å². The van der Waals surface area contributed by atoms with Crippen LogP contribution in [0.5, 0.6) is 0 Å². The Balaban J connectivity index is 1.58. The quantitative estimate of drug-likeness (QED) is 0.605. The van der Waals surface area contributed by atoms with Crippen LogP contribution in [0.2, 0.25) is 0 Å². The van der Waals surface area contributed by atoms with Gasteiger partial charge in [0.2, 0.25) is 26.0 Å². The largest absolute Gasteiger partial charge is 0.351 e. The molecule has 0 saturated carbocycles. The maximum Gasteiger partial charge on any atom is 0.243 e. The van der Waals surface area contributed by atoms with E-state index in [0.29, 0.717) is 13.1 Å². The number of nitrogens with zero attached hydrogens (tertiary/aromatic N) is 2. The molecular formula is C21H27N3O5S2. The average molecular weight is 466 g/mol. The zero-order valence-electron chi connectivity index (χ0n) is 17.4. The summed E-state index contributed by atoms with van der Waals surface area (Å²) in [5.41, 5.74) is 1.51. The second kappa shape index (κ2) is 9.90. The van der Waals surface area contributed by atoms with Gasteiger partial charge in [-0.1, -0.05) is 42.5 Å². The van der Waals surface area contributed by atoms with Gasteiger partial charge in [-0.3, -0.25) is 4.79 Å². The maximum absolute atomic E-state index is 12.6. The van der Waals surface area contributed by atoms with E-state index < -0.39 is 26.0 Å². The monoisotopic (exact) mass is 465 g/mol.